The first-order valence-electron chi connectivity index (χ1n) is 6.84. The van der Waals surface area contributed by atoms with Crippen LogP contribution in [0.3, 0.4) is 0 Å². The number of carbonyl (C=O) groups is 2. The molecule has 2 N–H and O–H groups in total. The fraction of sp³-hybridized carbons (Fsp3) is 0.250. The second-order valence-electron chi connectivity index (χ2n) is 5.15. The van der Waals surface area contributed by atoms with Crippen LogP contribution in [0, 0.1) is 0 Å². The third-order valence-electron chi connectivity index (χ3n) is 3.81. The summed E-state index contributed by atoms with van der Waals surface area (Å²) in [4.78, 5) is 26.0. The summed E-state index contributed by atoms with van der Waals surface area (Å²) >= 11 is 1.56. The summed E-state index contributed by atoms with van der Waals surface area (Å²) < 4.78 is 0. The Balaban J connectivity index is 1.88. The quantitative estimate of drug-likeness (QED) is 0.941. The molecule has 0 bridgehead atoms. The summed E-state index contributed by atoms with van der Waals surface area (Å²) in [6.07, 6.45) is 1.07. The molecule has 0 saturated carbocycles. The van der Waals surface area contributed by atoms with Crippen molar-refractivity contribution in [1.29, 1.82) is 0 Å². The van der Waals surface area contributed by atoms with Gasteiger partial charge in [0, 0.05) is 6.54 Å². The van der Waals surface area contributed by atoms with Crippen LogP contribution < -0.4 is 5.73 Å². The molecule has 1 aliphatic heterocycles. The van der Waals surface area contributed by atoms with E-state index in [-0.39, 0.29) is 5.91 Å². The Labute approximate surface area is 127 Å². The van der Waals surface area contributed by atoms with Crippen molar-refractivity contribution in [3.8, 4) is 0 Å². The molecule has 4 nitrogen and oxygen atoms in total. The van der Waals surface area contributed by atoms with E-state index >= 15 is 0 Å². The van der Waals surface area contributed by atoms with E-state index in [9.17, 15) is 9.59 Å². The third kappa shape index (κ3) is 2.69. The number of nitrogens with zero attached hydrogens (tertiary/aromatic N) is 1. The van der Waals surface area contributed by atoms with Crippen molar-refractivity contribution in [2.24, 2.45) is 5.73 Å². The van der Waals surface area contributed by atoms with Crippen LogP contribution in [0.5, 0.6) is 0 Å². The highest BCUT2D eigenvalue weighted by Gasteiger charge is 2.34. The molecule has 0 spiro atoms. The molecule has 0 radical (unpaired) electrons. The summed E-state index contributed by atoms with van der Waals surface area (Å²) in [5.41, 5.74) is 8.49. The van der Waals surface area contributed by atoms with Gasteiger partial charge < -0.3 is 10.6 Å². The highest BCUT2D eigenvalue weighted by molar-refractivity contribution is 7.08. The fourth-order valence-corrected chi connectivity index (χ4v) is 3.48. The van der Waals surface area contributed by atoms with Crippen molar-refractivity contribution in [2.45, 2.75) is 18.9 Å². The predicted octanol–water partition coefficient (Wildman–Crippen LogP) is 1.90. The van der Waals surface area contributed by atoms with Crippen LogP contribution >= 0.6 is 11.3 Å². The van der Waals surface area contributed by atoms with Crippen LogP contribution in [-0.2, 0) is 22.4 Å². The number of fused-ring (bicyclic) bond motifs is 1. The van der Waals surface area contributed by atoms with Gasteiger partial charge in [-0.05, 0) is 39.9 Å². The van der Waals surface area contributed by atoms with Crippen LogP contribution in [0.4, 0.5) is 0 Å². The molecule has 1 atom stereocenters. The fourth-order valence-electron chi connectivity index (χ4n) is 2.81. The van der Waals surface area contributed by atoms with Crippen LogP contribution in [0.1, 0.15) is 22.7 Å². The normalized spacial score (nSPS) is 17.3. The lowest BCUT2D eigenvalue weighted by Gasteiger charge is -2.35. The maximum atomic E-state index is 12.5. The lowest BCUT2D eigenvalue weighted by atomic mass is 9.91. The third-order valence-corrected chi connectivity index (χ3v) is 4.54. The average molecular weight is 300 g/mol. The number of nitrogens with two attached hydrogens (primary N) is 1. The molecule has 5 heteroatoms. The zero-order chi connectivity index (χ0) is 14.8. The Morgan fingerprint density at radius 3 is 2.81 bits per heavy atom. The minimum absolute atomic E-state index is 0.0493. The molecule has 1 aromatic carbocycles. The molecule has 1 aromatic heterocycles. The topological polar surface area (TPSA) is 63.4 Å². The smallest absolute Gasteiger partial charge is 0.244 e. The summed E-state index contributed by atoms with van der Waals surface area (Å²) in [5, 5.41) is 3.90. The predicted molar refractivity (Wildman–Crippen MR) is 81.8 cm³/mol. The standard InChI is InChI=1S/C16H16N2O2S/c17-16(20)15-13-4-2-1-3-12(13)5-7-18(15)14(19)9-11-6-8-21-10-11/h1-4,6,8,10,15H,5,7,9H2,(H2,17,20). The molecular formula is C16H16N2O2S. The van der Waals surface area contributed by atoms with Crippen molar-refractivity contribution in [2.75, 3.05) is 6.54 Å². The van der Waals surface area contributed by atoms with Gasteiger partial charge in [0.25, 0.3) is 0 Å². The number of thiophene rings is 1. The molecule has 0 fully saturated rings. The summed E-state index contributed by atoms with van der Waals surface area (Å²) in [6, 6.07) is 8.98. The first-order chi connectivity index (χ1) is 10.2. The molecule has 21 heavy (non-hydrogen) atoms. The Kier molecular flexibility index (Phi) is 3.75. The number of rotatable bonds is 3. The Hall–Kier alpha value is -2.14. The van der Waals surface area contributed by atoms with Crippen LogP contribution in [0.2, 0.25) is 0 Å². The molecule has 1 aliphatic rings. The zero-order valence-corrected chi connectivity index (χ0v) is 12.3. The second kappa shape index (κ2) is 5.69. The van der Waals surface area contributed by atoms with Gasteiger partial charge in [0.15, 0.2) is 0 Å². The van der Waals surface area contributed by atoms with Gasteiger partial charge in [-0.2, -0.15) is 11.3 Å². The summed E-state index contributed by atoms with van der Waals surface area (Å²) in [5.74, 6) is -0.521. The van der Waals surface area contributed by atoms with E-state index in [2.05, 4.69) is 0 Å². The van der Waals surface area contributed by atoms with Gasteiger partial charge in [0.2, 0.25) is 11.8 Å². The maximum Gasteiger partial charge on any atom is 0.244 e. The molecule has 2 aromatic rings. The number of hydrogen-bond acceptors (Lipinski definition) is 3. The van der Waals surface area contributed by atoms with Gasteiger partial charge in [-0.15, -0.1) is 0 Å². The minimum Gasteiger partial charge on any atom is -0.368 e. The summed E-state index contributed by atoms with van der Waals surface area (Å²) in [6.45, 7) is 0.535. The SMILES string of the molecule is NC(=O)C1c2ccccc2CCN1C(=O)Cc1ccsc1. The van der Waals surface area contributed by atoms with Crippen molar-refractivity contribution in [1.82, 2.24) is 4.90 Å². The lowest BCUT2D eigenvalue weighted by molar-refractivity contribution is -0.139. The van der Waals surface area contributed by atoms with Crippen molar-refractivity contribution in [3.05, 3.63) is 57.8 Å². The van der Waals surface area contributed by atoms with Gasteiger partial charge in [-0.3, -0.25) is 9.59 Å². The largest absolute Gasteiger partial charge is 0.368 e. The van der Waals surface area contributed by atoms with E-state index in [1.54, 1.807) is 16.2 Å². The van der Waals surface area contributed by atoms with Gasteiger partial charge in [0.05, 0.1) is 6.42 Å². The molecule has 2 amide bonds. The molecule has 0 aliphatic carbocycles. The average Bonchev–Trinajstić information content (AvgIpc) is 2.98. The first kappa shape index (κ1) is 13.8. The molecular weight excluding hydrogens is 284 g/mol. The monoisotopic (exact) mass is 300 g/mol. The number of benzene rings is 1. The van der Waals surface area contributed by atoms with E-state index in [0.717, 1.165) is 23.1 Å². The van der Waals surface area contributed by atoms with Crippen LogP contribution in [-0.4, -0.2) is 23.3 Å². The number of carbonyl (C=O) groups excluding carboxylic acids is 2. The minimum atomic E-state index is -0.652. The highest BCUT2D eigenvalue weighted by atomic mass is 32.1. The molecule has 1 unspecified atom stereocenters. The zero-order valence-electron chi connectivity index (χ0n) is 11.5. The second-order valence-corrected chi connectivity index (χ2v) is 5.93. The summed E-state index contributed by atoms with van der Waals surface area (Å²) in [7, 11) is 0. The Morgan fingerprint density at radius 1 is 1.29 bits per heavy atom. The lowest BCUT2D eigenvalue weighted by Crippen LogP contribution is -2.46. The Bertz CT molecular complexity index is 667. The first-order valence-corrected chi connectivity index (χ1v) is 7.79. The van der Waals surface area contributed by atoms with E-state index in [1.807, 2.05) is 41.1 Å². The molecule has 0 saturated heterocycles. The van der Waals surface area contributed by atoms with E-state index in [4.69, 9.17) is 5.73 Å². The molecule has 2 heterocycles. The van der Waals surface area contributed by atoms with Gasteiger partial charge in [-0.1, -0.05) is 24.3 Å². The number of amides is 2. The molecule has 108 valence electrons. The van der Waals surface area contributed by atoms with E-state index in [1.165, 1.54) is 0 Å². The maximum absolute atomic E-state index is 12.5. The van der Waals surface area contributed by atoms with Crippen LogP contribution in [0.25, 0.3) is 0 Å². The van der Waals surface area contributed by atoms with E-state index < -0.39 is 11.9 Å². The van der Waals surface area contributed by atoms with Gasteiger partial charge in [-0.25, -0.2) is 0 Å². The van der Waals surface area contributed by atoms with Gasteiger partial charge >= 0.3 is 0 Å². The van der Waals surface area contributed by atoms with Gasteiger partial charge in [0.1, 0.15) is 6.04 Å². The van der Waals surface area contributed by atoms with Crippen molar-refractivity contribution in [3.63, 3.8) is 0 Å². The van der Waals surface area contributed by atoms with E-state index in [0.29, 0.717) is 13.0 Å². The Morgan fingerprint density at radius 2 is 2.10 bits per heavy atom. The van der Waals surface area contributed by atoms with Crippen molar-refractivity contribution < 1.29 is 9.59 Å². The van der Waals surface area contributed by atoms with Crippen molar-refractivity contribution >= 4 is 23.2 Å². The number of hydrogen-bond donors (Lipinski definition) is 1. The molecule has 3 rings (SSSR count). The van der Waals surface area contributed by atoms with Crippen LogP contribution in [0.15, 0.2) is 41.1 Å². The number of primary amides is 1. The highest BCUT2D eigenvalue weighted by Crippen LogP contribution is 2.30.